The number of amides is 2. The van der Waals surface area contributed by atoms with Gasteiger partial charge in [0.05, 0.1) is 43.1 Å². The molecule has 0 aliphatic heterocycles. The Balaban J connectivity index is 1.64. The average Bonchev–Trinajstić information content (AvgIpc) is 3.81. The lowest BCUT2D eigenvalue weighted by atomic mass is 9.74. The summed E-state index contributed by atoms with van der Waals surface area (Å²) in [4.78, 5) is 27.9. The van der Waals surface area contributed by atoms with Crippen molar-refractivity contribution in [1.29, 1.82) is 0 Å². The molecule has 2 atom stereocenters. The number of carbonyl (C=O) groups is 2. The number of nitrogens with zero attached hydrogens (tertiary/aromatic N) is 1. The molecule has 9 nitrogen and oxygen atoms in total. The van der Waals surface area contributed by atoms with E-state index in [1.54, 1.807) is 4.90 Å². The van der Waals surface area contributed by atoms with Crippen LogP contribution in [0.15, 0.2) is 36.4 Å². The second kappa shape index (κ2) is 14.6. The lowest BCUT2D eigenvalue weighted by Crippen LogP contribution is -2.66. The van der Waals surface area contributed by atoms with Crippen LogP contribution in [0.4, 0.5) is 4.79 Å². The molecule has 0 saturated heterocycles. The Morgan fingerprint density at radius 1 is 1.07 bits per heavy atom. The van der Waals surface area contributed by atoms with Crippen LogP contribution < -0.4 is 14.8 Å². The zero-order valence-corrected chi connectivity index (χ0v) is 26.6. The van der Waals surface area contributed by atoms with Gasteiger partial charge in [-0.25, -0.2) is 9.59 Å². The molecule has 10 heteroatoms. The van der Waals surface area contributed by atoms with Crippen LogP contribution in [0.25, 0.3) is 0 Å². The Morgan fingerprint density at radius 3 is 2.33 bits per heavy atom. The fourth-order valence-corrected chi connectivity index (χ4v) is 6.10. The first-order valence-corrected chi connectivity index (χ1v) is 15.8. The average molecular weight is 617 g/mol. The predicted octanol–water partition coefficient (Wildman–Crippen LogP) is 6.89. The van der Waals surface area contributed by atoms with Gasteiger partial charge in [0.2, 0.25) is 0 Å². The third kappa shape index (κ3) is 7.56. The highest BCUT2D eigenvalue weighted by Gasteiger charge is 2.53. The molecule has 2 aromatic carbocycles. The molecule has 2 amide bonds. The molecule has 2 aliphatic carbocycles. The van der Waals surface area contributed by atoms with Gasteiger partial charge in [0.25, 0.3) is 0 Å². The highest BCUT2D eigenvalue weighted by atomic mass is 35.5. The van der Waals surface area contributed by atoms with E-state index >= 15 is 0 Å². The summed E-state index contributed by atoms with van der Waals surface area (Å²) in [6.45, 7) is 11.3. The van der Waals surface area contributed by atoms with E-state index in [0.717, 1.165) is 24.0 Å². The number of hydrogen-bond donors (Lipinski definition) is 2. The summed E-state index contributed by atoms with van der Waals surface area (Å²) in [6, 6.07) is 10.7. The van der Waals surface area contributed by atoms with E-state index in [-0.39, 0.29) is 38.2 Å². The minimum atomic E-state index is -1.40. The molecular weight excluding hydrogens is 572 g/mol. The van der Waals surface area contributed by atoms with Crippen LogP contribution in [0.5, 0.6) is 11.5 Å². The third-order valence-corrected chi connectivity index (χ3v) is 8.67. The van der Waals surface area contributed by atoms with Crippen LogP contribution in [0.1, 0.15) is 95.1 Å². The van der Waals surface area contributed by atoms with E-state index in [4.69, 9.17) is 30.5 Å². The van der Waals surface area contributed by atoms with Crippen molar-refractivity contribution in [3.63, 3.8) is 0 Å². The molecule has 0 aromatic heterocycles. The van der Waals surface area contributed by atoms with Crippen LogP contribution in [0, 0.1) is 0 Å². The maximum absolute atomic E-state index is 13.9. The third-order valence-electron chi connectivity index (χ3n) is 8.28. The van der Waals surface area contributed by atoms with Crippen molar-refractivity contribution in [2.45, 2.75) is 90.0 Å². The van der Waals surface area contributed by atoms with Crippen LogP contribution >= 0.6 is 11.6 Å². The molecule has 2 N–H and O–H groups in total. The zero-order valence-electron chi connectivity index (χ0n) is 25.9. The lowest BCUT2D eigenvalue weighted by molar-refractivity contribution is -0.156. The highest BCUT2D eigenvalue weighted by molar-refractivity contribution is 6.33. The lowest BCUT2D eigenvalue weighted by Gasteiger charge is -2.45. The predicted molar refractivity (Wildman–Crippen MR) is 165 cm³/mol. The molecule has 0 unspecified atom stereocenters. The standard InChI is InChI=1S/C33H45ClN2O7/c1-6-40-25-19-33(20-25,31(37)38)35-32(39)36(16-17-43-22(5)23-12-10-9-11-13-23)21(4)26-18-27(41-7-2)28(24-14-15-24)30(29(26)34)42-8-3/h9-13,18,21-22,24-25H,6-8,14-17,19-20H2,1-5H3,(H,35,39)(H,37,38)/t21-,22+,25?,33?/m1/s1. The minimum absolute atomic E-state index is 0.194. The van der Waals surface area contributed by atoms with E-state index in [1.807, 2.05) is 71.0 Å². The molecule has 2 aliphatic rings. The van der Waals surface area contributed by atoms with Gasteiger partial charge < -0.3 is 34.3 Å². The van der Waals surface area contributed by atoms with Gasteiger partial charge in [0.15, 0.2) is 0 Å². The number of benzene rings is 2. The molecular formula is C33H45ClN2O7. The van der Waals surface area contributed by atoms with Crippen LogP contribution in [-0.4, -0.2) is 66.6 Å². The first-order valence-electron chi connectivity index (χ1n) is 15.4. The zero-order chi connectivity index (χ0) is 31.1. The molecule has 4 rings (SSSR count). The summed E-state index contributed by atoms with van der Waals surface area (Å²) in [6.07, 6.45) is 2.07. The van der Waals surface area contributed by atoms with Gasteiger partial charge in [0.1, 0.15) is 17.0 Å². The minimum Gasteiger partial charge on any atom is -0.493 e. The van der Waals surface area contributed by atoms with Crippen molar-refractivity contribution >= 4 is 23.6 Å². The molecule has 2 fully saturated rings. The molecule has 0 heterocycles. The molecule has 0 spiro atoms. The summed E-state index contributed by atoms with van der Waals surface area (Å²) in [5, 5.41) is 13.3. The smallest absolute Gasteiger partial charge is 0.329 e. The van der Waals surface area contributed by atoms with Crippen molar-refractivity contribution in [3.05, 3.63) is 58.1 Å². The summed E-state index contributed by atoms with van der Waals surface area (Å²) < 4.78 is 23.9. The number of halogens is 1. The Bertz CT molecular complexity index is 1250. The highest BCUT2D eigenvalue weighted by Crippen LogP contribution is 2.53. The van der Waals surface area contributed by atoms with Crippen LogP contribution in [-0.2, 0) is 14.3 Å². The van der Waals surface area contributed by atoms with Gasteiger partial charge in [-0.2, -0.15) is 0 Å². The van der Waals surface area contributed by atoms with Crippen molar-refractivity contribution in [1.82, 2.24) is 10.2 Å². The van der Waals surface area contributed by atoms with E-state index in [0.29, 0.717) is 47.8 Å². The van der Waals surface area contributed by atoms with Crippen molar-refractivity contribution in [2.75, 3.05) is 33.0 Å². The number of carboxylic acid groups (broad SMARTS) is 1. The summed E-state index contributed by atoms with van der Waals surface area (Å²) in [7, 11) is 0. The largest absolute Gasteiger partial charge is 0.493 e. The number of rotatable bonds is 16. The molecule has 236 valence electrons. The summed E-state index contributed by atoms with van der Waals surface area (Å²) in [5.41, 5.74) is 1.25. The maximum Gasteiger partial charge on any atom is 0.329 e. The van der Waals surface area contributed by atoms with E-state index < -0.39 is 23.6 Å². The fraction of sp³-hybridized carbons (Fsp3) is 0.576. The topological polar surface area (TPSA) is 107 Å². The molecule has 2 aromatic rings. The number of ether oxygens (including phenoxy) is 4. The number of carbonyl (C=O) groups excluding carboxylic acids is 1. The molecule has 43 heavy (non-hydrogen) atoms. The Kier molecular flexibility index (Phi) is 11.2. The van der Waals surface area contributed by atoms with Gasteiger partial charge >= 0.3 is 12.0 Å². The summed E-state index contributed by atoms with van der Waals surface area (Å²) in [5.74, 6) is 0.538. The monoisotopic (exact) mass is 616 g/mol. The van der Waals surface area contributed by atoms with E-state index in [9.17, 15) is 14.7 Å². The van der Waals surface area contributed by atoms with Crippen molar-refractivity contribution < 1.29 is 33.6 Å². The molecule has 0 radical (unpaired) electrons. The number of carboxylic acids is 1. The Morgan fingerprint density at radius 2 is 1.74 bits per heavy atom. The van der Waals surface area contributed by atoms with Crippen molar-refractivity contribution in [2.24, 2.45) is 0 Å². The van der Waals surface area contributed by atoms with E-state index in [1.165, 1.54) is 0 Å². The van der Waals surface area contributed by atoms with Crippen molar-refractivity contribution in [3.8, 4) is 11.5 Å². The van der Waals surface area contributed by atoms with Crippen LogP contribution in [0.2, 0.25) is 5.02 Å². The Hall–Kier alpha value is -3.01. The summed E-state index contributed by atoms with van der Waals surface area (Å²) >= 11 is 7.04. The fourth-order valence-electron chi connectivity index (χ4n) is 5.73. The number of urea groups is 1. The van der Waals surface area contributed by atoms with Gasteiger partial charge in [-0.05, 0) is 65.0 Å². The number of nitrogens with one attached hydrogen (secondary N) is 1. The van der Waals surface area contributed by atoms with Gasteiger partial charge in [0, 0.05) is 37.1 Å². The molecule has 0 bridgehead atoms. The first kappa shape index (κ1) is 32.9. The number of aliphatic carboxylic acids is 1. The van der Waals surface area contributed by atoms with Crippen LogP contribution in [0.3, 0.4) is 0 Å². The number of hydrogen-bond acceptors (Lipinski definition) is 6. The maximum atomic E-state index is 13.9. The van der Waals surface area contributed by atoms with Gasteiger partial charge in [-0.15, -0.1) is 0 Å². The molecule has 2 saturated carbocycles. The first-order chi connectivity index (χ1) is 20.7. The normalized spacial score (nSPS) is 20.9. The Labute approximate surface area is 259 Å². The van der Waals surface area contributed by atoms with E-state index in [2.05, 4.69) is 5.32 Å². The quantitative estimate of drug-likeness (QED) is 0.212. The second-order valence-corrected chi connectivity index (χ2v) is 11.6. The second-order valence-electron chi connectivity index (χ2n) is 11.3. The SMILES string of the molecule is CCOc1cc([C@@H](C)N(CCO[C@@H](C)c2ccccc2)C(=O)NC2(C(=O)O)CC(OCC)C2)c(Cl)c(OCC)c1C1CC1. The van der Waals surface area contributed by atoms with Gasteiger partial charge in [-0.1, -0.05) is 41.9 Å². The van der Waals surface area contributed by atoms with Gasteiger partial charge in [-0.3, -0.25) is 0 Å².